The van der Waals surface area contributed by atoms with Gasteiger partial charge in [-0.1, -0.05) is 12.1 Å². The van der Waals surface area contributed by atoms with Crippen molar-refractivity contribution in [1.29, 1.82) is 0 Å². The Labute approximate surface area is 109 Å². The predicted molar refractivity (Wildman–Crippen MR) is 67.5 cm³/mol. The van der Waals surface area contributed by atoms with Crippen LogP contribution in [0.25, 0.3) is 11.3 Å². The zero-order chi connectivity index (χ0) is 13.8. The van der Waals surface area contributed by atoms with Crippen molar-refractivity contribution in [1.82, 2.24) is 10.2 Å². The summed E-state index contributed by atoms with van der Waals surface area (Å²) >= 11 is 0. The van der Waals surface area contributed by atoms with Gasteiger partial charge in [0.2, 0.25) is 5.88 Å². The minimum absolute atomic E-state index is 0.0147. The molecule has 6 nitrogen and oxygen atoms in total. The van der Waals surface area contributed by atoms with Crippen LogP contribution in [-0.4, -0.2) is 35.5 Å². The van der Waals surface area contributed by atoms with E-state index < -0.39 is 5.97 Å². The zero-order valence-electron chi connectivity index (χ0n) is 10.5. The topological polar surface area (TPSA) is 81.5 Å². The third-order valence-electron chi connectivity index (χ3n) is 2.55. The van der Waals surface area contributed by atoms with E-state index in [9.17, 15) is 4.79 Å². The number of hydrogen-bond donors (Lipinski definition) is 1. The molecule has 0 aliphatic carbocycles. The van der Waals surface area contributed by atoms with E-state index in [0.29, 0.717) is 11.4 Å². The number of aromatic carboxylic acids is 1. The van der Waals surface area contributed by atoms with E-state index in [2.05, 4.69) is 10.2 Å². The van der Waals surface area contributed by atoms with Gasteiger partial charge in [0.1, 0.15) is 11.3 Å². The van der Waals surface area contributed by atoms with Gasteiger partial charge in [0.15, 0.2) is 0 Å². The lowest BCUT2D eigenvalue weighted by atomic mass is 10.1. The quantitative estimate of drug-likeness (QED) is 0.903. The summed E-state index contributed by atoms with van der Waals surface area (Å²) in [5.74, 6) is -0.470. The van der Waals surface area contributed by atoms with Crippen molar-refractivity contribution in [2.24, 2.45) is 0 Å². The number of methoxy groups -OCH3 is 2. The summed E-state index contributed by atoms with van der Waals surface area (Å²) < 4.78 is 9.97. The average molecular weight is 260 g/mol. The van der Waals surface area contributed by atoms with Crippen LogP contribution in [-0.2, 0) is 0 Å². The molecule has 0 unspecified atom stereocenters. The summed E-state index contributed by atoms with van der Waals surface area (Å²) in [6, 6.07) is 8.55. The molecule has 0 saturated carbocycles. The zero-order valence-corrected chi connectivity index (χ0v) is 10.5. The van der Waals surface area contributed by atoms with E-state index in [4.69, 9.17) is 14.6 Å². The molecule has 1 aromatic carbocycles. The Bertz CT molecular complexity index is 613. The normalized spacial score (nSPS) is 10.0. The van der Waals surface area contributed by atoms with Crippen LogP contribution < -0.4 is 9.47 Å². The van der Waals surface area contributed by atoms with Gasteiger partial charge in [-0.2, -0.15) is 0 Å². The van der Waals surface area contributed by atoms with Crippen LogP contribution in [0, 0.1) is 0 Å². The number of aromatic nitrogens is 2. The molecule has 0 fully saturated rings. The maximum Gasteiger partial charge on any atom is 0.341 e. The Morgan fingerprint density at radius 3 is 2.58 bits per heavy atom. The van der Waals surface area contributed by atoms with Crippen LogP contribution in [0.15, 0.2) is 30.3 Å². The highest BCUT2D eigenvalue weighted by atomic mass is 16.5. The van der Waals surface area contributed by atoms with E-state index in [-0.39, 0.29) is 11.4 Å². The molecule has 0 saturated heterocycles. The molecular formula is C13H12N2O4. The van der Waals surface area contributed by atoms with E-state index >= 15 is 0 Å². The summed E-state index contributed by atoms with van der Waals surface area (Å²) in [6.07, 6.45) is 0. The second-order valence-electron chi connectivity index (χ2n) is 3.69. The molecule has 0 amide bonds. The van der Waals surface area contributed by atoms with E-state index in [1.807, 2.05) is 0 Å². The molecule has 2 rings (SSSR count). The number of ether oxygens (including phenoxy) is 2. The maximum atomic E-state index is 11.1. The van der Waals surface area contributed by atoms with E-state index in [1.54, 1.807) is 31.4 Å². The lowest BCUT2D eigenvalue weighted by molar-refractivity contribution is 0.0692. The molecule has 98 valence electrons. The van der Waals surface area contributed by atoms with Crippen molar-refractivity contribution in [3.63, 3.8) is 0 Å². The van der Waals surface area contributed by atoms with Crippen LogP contribution in [0.4, 0.5) is 0 Å². The minimum Gasteiger partial charge on any atom is -0.497 e. The summed E-state index contributed by atoms with van der Waals surface area (Å²) in [6.45, 7) is 0. The number of nitrogens with zero attached hydrogens (tertiary/aromatic N) is 2. The third-order valence-corrected chi connectivity index (χ3v) is 2.55. The van der Waals surface area contributed by atoms with Gasteiger partial charge < -0.3 is 14.6 Å². The van der Waals surface area contributed by atoms with Crippen molar-refractivity contribution < 1.29 is 19.4 Å². The summed E-state index contributed by atoms with van der Waals surface area (Å²) in [5, 5.41) is 16.8. The molecule has 1 N–H and O–H groups in total. The van der Waals surface area contributed by atoms with Gasteiger partial charge in [0, 0.05) is 5.56 Å². The van der Waals surface area contributed by atoms with Crippen LogP contribution in [0.3, 0.4) is 0 Å². The molecule has 0 radical (unpaired) electrons. The van der Waals surface area contributed by atoms with Crippen molar-refractivity contribution in [3.05, 3.63) is 35.9 Å². The molecule has 0 bridgehead atoms. The van der Waals surface area contributed by atoms with Crippen molar-refractivity contribution >= 4 is 5.97 Å². The average Bonchev–Trinajstić information content (AvgIpc) is 2.46. The van der Waals surface area contributed by atoms with Crippen LogP contribution in [0.5, 0.6) is 11.6 Å². The van der Waals surface area contributed by atoms with Crippen LogP contribution >= 0.6 is 0 Å². The van der Waals surface area contributed by atoms with Crippen molar-refractivity contribution in [3.8, 4) is 22.9 Å². The van der Waals surface area contributed by atoms with Gasteiger partial charge in [-0.15, -0.1) is 10.2 Å². The first-order valence-corrected chi connectivity index (χ1v) is 5.45. The molecule has 0 aliphatic rings. The number of benzene rings is 1. The Morgan fingerprint density at radius 2 is 1.95 bits per heavy atom. The monoisotopic (exact) mass is 260 g/mol. The highest BCUT2D eigenvalue weighted by Crippen LogP contribution is 2.24. The highest BCUT2D eigenvalue weighted by Gasteiger charge is 2.15. The molecule has 0 aliphatic heterocycles. The summed E-state index contributed by atoms with van der Waals surface area (Å²) in [4.78, 5) is 11.1. The highest BCUT2D eigenvalue weighted by molar-refractivity contribution is 5.91. The predicted octanol–water partition coefficient (Wildman–Crippen LogP) is 1.86. The fourth-order valence-electron chi connectivity index (χ4n) is 1.61. The van der Waals surface area contributed by atoms with Crippen LogP contribution in [0.2, 0.25) is 0 Å². The first-order valence-electron chi connectivity index (χ1n) is 5.45. The minimum atomic E-state index is -1.11. The molecule has 6 heteroatoms. The summed E-state index contributed by atoms with van der Waals surface area (Å²) in [5.41, 5.74) is 1.13. The Hall–Kier alpha value is -2.63. The lowest BCUT2D eigenvalue weighted by Crippen LogP contribution is -2.04. The fraction of sp³-hybridized carbons (Fsp3) is 0.154. The number of rotatable bonds is 4. The smallest absolute Gasteiger partial charge is 0.341 e. The molecular weight excluding hydrogens is 248 g/mol. The molecule has 2 aromatic rings. The van der Waals surface area contributed by atoms with Gasteiger partial charge in [0.25, 0.3) is 0 Å². The maximum absolute atomic E-state index is 11.1. The van der Waals surface area contributed by atoms with Crippen molar-refractivity contribution in [2.45, 2.75) is 0 Å². The van der Waals surface area contributed by atoms with E-state index in [1.165, 1.54) is 13.2 Å². The first-order chi connectivity index (χ1) is 9.15. The Balaban J connectivity index is 2.50. The Kier molecular flexibility index (Phi) is 3.61. The largest absolute Gasteiger partial charge is 0.497 e. The number of carbonyl (C=O) groups is 1. The molecule has 1 aromatic heterocycles. The van der Waals surface area contributed by atoms with Gasteiger partial charge >= 0.3 is 5.97 Å². The van der Waals surface area contributed by atoms with Crippen LogP contribution in [0.1, 0.15) is 10.4 Å². The van der Waals surface area contributed by atoms with Gasteiger partial charge in [0.05, 0.1) is 19.9 Å². The molecule has 0 spiro atoms. The number of carboxylic acids is 1. The third kappa shape index (κ3) is 2.62. The van der Waals surface area contributed by atoms with Gasteiger partial charge in [-0.25, -0.2) is 4.79 Å². The molecule has 19 heavy (non-hydrogen) atoms. The van der Waals surface area contributed by atoms with E-state index in [0.717, 1.165) is 5.56 Å². The summed E-state index contributed by atoms with van der Waals surface area (Å²) in [7, 11) is 2.91. The fourth-order valence-corrected chi connectivity index (χ4v) is 1.61. The Morgan fingerprint density at radius 1 is 1.16 bits per heavy atom. The second kappa shape index (κ2) is 5.34. The van der Waals surface area contributed by atoms with Crippen molar-refractivity contribution in [2.75, 3.05) is 14.2 Å². The lowest BCUT2D eigenvalue weighted by Gasteiger charge is -2.06. The molecule has 1 heterocycles. The first kappa shape index (κ1) is 12.8. The van der Waals surface area contributed by atoms with Gasteiger partial charge in [-0.05, 0) is 18.2 Å². The SMILES string of the molecule is COc1cccc(-c2cc(C(=O)O)c(OC)nn2)c1. The second-order valence-corrected chi connectivity index (χ2v) is 3.69. The number of carboxylic acid groups (broad SMARTS) is 1. The van der Waals surface area contributed by atoms with Gasteiger partial charge in [-0.3, -0.25) is 0 Å². The molecule has 0 atom stereocenters. The number of hydrogen-bond acceptors (Lipinski definition) is 5. The standard InChI is InChI=1S/C13H12N2O4/c1-18-9-5-3-4-8(6-9)11-7-10(13(16)17)12(19-2)15-14-11/h3-7H,1-2H3,(H,16,17).